The quantitative estimate of drug-likeness (QED) is 0.549. The van der Waals surface area contributed by atoms with Gasteiger partial charge in [-0.2, -0.15) is 25.6 Å². The topological polar surface area (TPSA) is 115 Å². The van der Waals surface area contributed by atoms with Crippen molar-refractivity contribution in [3.8, 4) is 0 Å². The summed E-state index contributed by atoms with van der Waals surface area (Å²) in [6.07, 6.45) is 0.153. The van der Waals surface area contributed by atoms with Crippen LogP contribution in [0.15, 0.2) is 0 Å². The van der Waals surface area contributed by atoms with Gasteiger partial charge in [-0.15, -0.1) is 0 Å². The molecule has 1 saturated carbocycles. The smallest absolute Gasteiger partial charge is 0.299 e. The molecule has 136 valence electrons. The van der Waals surface area contributed by atoms with E-state index in [0.717, 1.165) is 0 Å². The van der Waals surface area contributed by atoms with Crippen LogP contribution in [-0.2, 0) is 29.2 Å². The molecule has 0 aliphatic heterocycles. The predicted molar refractivity (Wildman–Crippen MR) is 76.9 cm³/mol. The van der Waals surface area contributed by atoms with Crippen molar-refractivity contribution in [1.29, 1.82) is 0 Å². The van der Waals surface area contributed by atoms with Crippen molar-refractivity contribution in [3.63, 3.8) is 0 Å². The van der Waals surface area contributed by atoms with Gasteiger partial charge >= 0.3 is 15.4 Å². The molecule has 2 unspecified atom stereocenters. The van der Waals surface area contributed by atoms with Crippen LogP contribution < -0.4 is 0 Å². The number of carbonyl (C=O) groups is 1. The third-order valence-corrected chi connectivity index (χ3v) is 7.29. The highest BCUT2D eigenvalue weighted by Crippen LogP contribution is 2.54. The van der Waals surface area contributed by atoms with Gasteiger partial charge in [-0.05, 0) is 11.3 Å². The van der Waals surface area contributed by atoms with Crippen LogP contribution in [0.3, 0.4) is 0 Å². The van der Waals surface area contributed by atoms with Gasteiger partial charge in [0.1, 0.15) is 12.4 Å². The van der Waals surface area contributed by atoms with Gasteiger partial charge in [-0.3, -0.25) is 13.5 Å². The molecule has 7 nitrogen and oxygen atoms in total. The maximum Gasteiger partial charge on any atom is 0.393 e. The molecule has 0 aromatic heterocycles. The van der Waals surface area contributed by atoms with E-state index in [1.165, 1.54) is 6.92 Å². The molecule has 1 aliphatic rings. The molecule has 0 bridgehead atoms. The van der Waals surface area contributed by atoms with Gasteiger partial charge in [0.25, 0.3) is 10.1 Å². The summed E-state index contributed by atoms with van der Waals surface area (Å²) < 4.78 is 83.3. The summed E-state index contributed by atoms with van der Waals surface area (Å²) in [5, 5.41) is -4.76. The van der Waals surface area contributed by atoms with E-state index in [9.17, 15) is 30.4 Å². The van der Waals surface area contributed by atoms with Crippen LogP contribution in [0.5, 0.6) is 0 Å². The van der Waals surface area contributed by atoms with E-state index in [-0.39, 0.29) is 18.1 Å². The van der Waals surface area contributed by atoms with Crippen molar-refractivity contribution >= 4 is 26.0 Å². The molecule has 0 aromatic carbocycles. The standard InChI is InChI=1S/C12H20F2O7S2/c1-8-5-9(15)11(4,10(8,2)3)7-22(16,17)21-6-12(13,14)23(18,19)20/h8H,5-7H2,1-4H3,(H,18,19,20). The highest BCUT2D eigenvalue weighted by Gasteiger charge is 2.58. The summed E-state index contributed by atoms with van der Waals surface area (Å²) in [5.74, 6) is -1.30. The van der Waals surface area contributed by atoms with E-state index in [0.29, 0.717) is 0 Å². The predicted octanol–water partition coefficient (Wildman–Crippen LogP) is 1.45. The monoisotopic (exact) mass is 378 g/mol. The molecule has 0 saturated heterocycles. The van der Waals surface area contributed by atoms with Crippen LogP contribution in [-0.4, -0.2) is 44.8 Å². The second-order valence-electron chi connectivity index (χ2n) is 6.66. The first-order valence-corrected chi connectivity index (χ1v) is 9.73. The van der Waals surface area contributed by atoms with Gasteiger partial charge in [0.2, 0.25) is 0 Å². The van der Waals surface area contributed by atoms with E-state index in [1.807, 2.05) is 0 Å². The molecule has 11 heteroatoms. The van der Waals surface area contributed by atoms with Gasteiger partial charge in [-0.1, -0.05) is 27.7 Å². The SMILES string of the molecule is CC1CC(=O)C(C)(CS(=O)(=O)OCC(F)(F)S(=O)(=O)O)C1(C)C. The molecule has 0 radical (unpaired) electrons. The fraction of sp³-hybridized carbons (Fsp3) is 0.917. The van der Waals surface area contributed by atoms with Gasteiger partial charge in [0.05, 0.1) is 5.75 Å². The summed E-state index contributed by atoms with van der Waals surface area (Å²) in [4.78, 5) is 12.2. The summed E-state index contributed by atoms with van der Waals surface area (Å²) in [7, 11) is -10.4. The Bertz CT molecular complexity index is 697. The van der Waals surface area contributed by atoms with Gasteiger partial charge in [-0.25, -0.2) is 0 Å². The third-order valence-electron chi connectivity index (χ3n) is 5.01. The largest absolute Gasteiger partial charge is 0.393 e. The van der Waals surface area contributed by atoms with Crippen LogP contribution in [0.4, 0.5) is 8.78 Å². The van der Waals surface area contributed by atoms with E-state index in [4.69, 9.17) is 4.55 Å². The third kappa shape index (κ3) is 3.72. The fourth-order valence-electron chi connectivity index (χ4n) is 2.56. The highest BCUT2D eigenvalue weighted by atomic mass is 32.2. The number of carbonyl (C=O) groups excluding carboxylic acids is 1. The lowest BCUT2D eigenvalue weighted by atomic mass is 9.67. The molecule has 1 fully saturated rings. The molecule has 23 heavy (non-hydrogen) atoms. The van der Waals surface area contributed by atoms with Crippen LogP contribution >= 0.6 is 0 Å². The average Bonchev–Trinajstić information content (AvgIpc) is 2.46. The molecule has 0 aromatic rings. The Balaban J connectivity index is 2.98. The number of Topliss-reactive ketones (excluding diaryl/α,β-unsaturated/α-hetero) is 1. The first-order chi connectivity index (χ1) is 9.96. The minimum atomic E-state index is -5.80. The van der Waals surface area contributed by atoms with Crippen LogP contribution in [0.1, 0.15) is 34.1 Å². The van der Waals surface area contributed by atoms with E-state index < -0.39 is 48.7 Å². The van der Waals surface area contributed by atoms with Crippen molar-refractivity contribution in [2.45, 2.75) is 39.4 Å². The number of ketones is 1. The summed E-state index contributed by atoms with van der Waals surface area (Å²) in [6, 6.07) is 0. The number of alkyl halides is 2. The Hall–Kier alpha value is -0.650. The summed E-state index contributed by atoms with van der Waals surface area (Å²) in [5.41, 5.74) is -2.06. The fourth-order valence-corrected chi connectivity index (χ4v) is 4.49. The van der Waals surface area contributed by atoms with Crippen molar-refractivity contribution in [2.75, 3.05) is 12.4 Å². The molecule has 0 heterocycles. The first kappa shape index (κ1) is 20.4. The van der Waals surface area contributed by atoms with Gasteiger partial charge < -0.3 is 0 Å². The lowest BCUT2D eigenvalue weighted by molar-refractivity contribution is -0.126. The van der Waals surface area contributed by atoms with Gasteiger partial charge in [0.15, 0.2) is 0 Å². The number of rotatable bonds is 6. The summed E-state index contributed by atoms with van der Waals surface area (Å²) >= 11 is 0. The molecule has 1 N–H and O–H groups in total. The van der Waals surface area contributed by atoms with Crippen molar-refractivity contribution < 1.29 is 39.1 Å². The lowest BCUT2D eigenvalue weighted by Gasteiger charge is -2.38. The Morgan fingerprint density at radius 2 is 1.74 bits per heavy atom. The molecule has 0 amide bonds. The Morgan fingerprint density at radius 1 is 1.26 bits per heavy atom. The van der Waals surface area contributed by atoms with E-state index >= 15 is 0 Å². The maximum absolute atomic E-state index is 13.1. The normalized spacial score (nSPS) is 29.0. The number of halogens is 2. The second kappa shape index (κ2) is 5.71. The van der Waals surface area contributed by atoms with Crippen molar-refractivity contribution in [2.24, 2.45) is 16.7 Å². The zero-order chi connectivity index (χ0) is 18.5. The zero-order valence-corrected chi connectivity index (χ0v) is 14.8. The Labute approximate surface area is 134 Å². The van der Waals surface area contributed by atoms with Gasteiger partial charge in [0, 0.05) is 11.8 Å². The highest BCUT2D eigenvalue weighted by molar-refractivity contribution is 7.87. The summed E-state index contributed by atoms with van der Waals surface area (Å²) in [6.45, 7) is 4.55. The average molecular weight is 378 g/mol. The first-order valence-electron chi connectivity index (χ1n) is 6.71. The minimum absolute atomic E-state index is 0.116. The molecular formula is C12H20F2O7S2. The van der Waals surface area contributed by atoms with Crippen LogP contribution in [0.25, 0.3) is 0 Å². The molecule has 1 rings (SSSR count). The van der Waals surface area contributed by atoms with E-state index in [1.54, 1.807) is 20.8 Å². The molecule has 2 atom stereocenters. The minimum Gasteiger partial charge on any atom is -0.299 e. The van der Waals surface area contributed by atoms with Crippen molar-refractivity contribution in [1.82, 2.24) is 0 Å². The van der Waals surface area contributed by atoms with E-state index in [2.05, 4.69) is 4.18 Å². The molecule has 1 aliphatic carbocycles. The van der Waals surface area contributed by atoms with Crippen LogP contribution in [0, 0.1) is 16.7 Å². The molecule has 0 spiro atoms. The number of hydrogen-bond acceptors (Lipinski definition) is 6. The van der Waals surface area contributed by atoms with Crippen LogP contribution in [0.2, 0.25) is 0 Å². The lowest BCUT2D eigenvalue weighted by Crippen LogP contribution is -2.44. The maximum atomic E-state index is 13.1. The number of hydrogen-bond donors (Lipinski definition) is 1. The second-order valence-corrected chi connectivity index (χ2v) is 9.85. The zero-order valence-electron chi connectivity index (χ0n) is 13.2. The Kier molecular flexibility index (Phi) is 5.06. The Morgan fingerprint density at radius 3 is 2.09 bits per heavy atom. The van der Waals surface area contributed by atoms with Crippen molar-refractivity contribution in [3.05, 3.63) is 0 Å². The molecular weight excluding hydrogens is 358 g/mol.